The van der Waals surface area contributed by atoms with Gasteiger partial charge in [0.1, 0.15) is 0 Å². The molecular formula is C18H16N4O5S. The summed E-state index contributed by atoms with van der Waals surface area (Å²) >= 11 is 0. The summed E-state index contributed by atoms with van der Waals surface area (Å²) in [7, 11) is -3.48. The van der Waals surface area contributed by atoms with Crippen LogP contribution in [0.1, 0.15) is 10.5 Å². The predicted molar refractivity (Wildman–Crippen MR) is 101 cm³/mol. The standard InChI is InChI=1S/C18H16N4O5S/c23-18(19-11-13-28(26,27)16-4-2-1-3-5-16)17-10-12-21(20-17)14-6-8-15(9-7-14)22(24)25/h1-10,12H,11,13H2,(H,19,23). The number of aromatic nitrogens is 2. The fraction of sp³-hybridized carbons (Fsp3) is 0.111. The van der Waals surface area contributed by atoms with Crippen LogP contribution in [0.15, 0.2) is 71.8 Å². The number of non-ortho nitro benzene ring substituents is 1. The predicted octanol–water partition coefficient (Wildman–Crippen LogP) is 1.98. The number of rotatable bonds is 7. The second kappa shape index (κ2) is 8.01. The highest BCUT2D eigenvalue weighted by Crippen LogP contribution is 2.15. The van der Waals surface area contributed by atoms with Crippen molar-refractivity contribution in [3.05, 3.63) is 82.7 Å². The highest BCUT2D eigenvalue weighted by molar-refractivity contribution is 7.91. The molecule has 1 heterocycles. The normalized spacial score (nSPS) is 11.1. The van der Waals surface area contributed by atoms with Crippen LogP contribution in [-0.4, -0.2) is 41.3 Å². The maximum absolute atomic E-state index is 12.2. The van der Waals surface area contributed by atoms with Crippen LogP contribution in [0.25, 0.3) is 5.69 Å². The van der Waals surface area contributed by atoms with Crippen LogP contribution in [0, 0.1) is 10.1 Å². The molecular weight excluding hydrogens is 384 g/mol. The Kier molecular flexibility index (Phi) is 5.50. The van der Waals surface area contributed by atoms with E-state index in [0.29, 0.717) is 5.69 Å². The number of hydrogen-bond acceptors (Lipinski definition) is 6. The van der Waals surface area contributed by atoms with Crippen LogP contribution in [0.5, 0.6) is 0 Å². The first-order chi connectivity index (χ1) is 13.4. The summed E-state index contributed by atoms with van der Waals surface area (Å²) in [6, 6.07) is 15.2. The number of hydrogen-bond donors (Lipinski definition) is 1. The quantitative estimate of drug-likeness (QED) is 0.478. The first-order valence-electron chi connectivity index (χ1n) is 8.23. The molecule has 10 heteroatoms. The van der Waals surface area contributed by atoms with Crippen LogP contribution in [0.3, 0.4) is 0 Å². The molecule has 0 aliphatic carbocycles. The molecule has 0 spiro atoms. The SMILES string of the molecule is O=C(NCCS(=O)(=O)c1ccccc1)c1ccn(-c2ccc([N+](=O)[O-])cc2)n1. The summed E-state index contributed by atoms with van der Waals surface area (Å²) in [5, 5.41) is 17.3. The van der Waals surface area contributed by atoms with Gasteiger partial charge in [-0.15, -0.1) is 0 Å². The maximum atomic E-state index is 12.2. The summed E-state index contributed by atoms with van der Waals surface area (Å²) in [5.41, 5.74) is 0.611. The molecule has 3 rings (SSSR count). The summed E-state index contributed by atoms with van der Waals surface area (Å²) in [5.74, 6) is -0.741. The van der Waals surface area contributed by atoms with Gasteiger partial charge in [0.15, 0.2) is 15.5 Å². The molecule has 1 N–H and O–H groups in total. The molecule has 1 amide bonds. The lowest BCUT2D eigenvalue weighted by Crippen LogP contribution is -2.29. The molecule has 0 unspecified atom stereocenters. The van der Waals surface area contributed by atoms with Crippen LogP contribution < -0.4 is 5.32 Å². The van der Waals surface area contributed by atoms with Crippen molar-refractivity contribution in [2.24, 2.45) is 0 Å². The largest absolute Gasteiger partial charge is 0.350 e. The Hall–Kier alpha value is -3.53. The fourth-order valence-corrected chi connectivity index (χ4v) is 3.63. The Morgan fingerprint density at radius 2 is 1.75 bits per heavy atom. The minimum atomic E-state index is -3.48. The van der Waals surface area contributed by atoms with Gasteiger partial charge in [-0.05, 0) is 30.3 Å². The Balaban J connectivity index is 1.61. The number of nitrogens with zero attached hydrogens (tertiary/aromatic N) is 3. The molecule has 0 bridgehead atoms. The van der Waals surface area contributed by atoms with Gasteiger partial charge in [-0.1, -0.05) is 18.2 Å². The van der Waals surface area contributed by atoms with Gasteiger partial charge in [0.25, 0.3) is 11.6 Å². The topological polar surface area (TPSA) is 124 Å². The van der Waals surface area contributed by atoms with Gasteiger partial charge < -0.3 is 5.32 Å². The molecule has 0 saturated heterocycles. The molecule has 0 aliphatic rings. The van der Waals surface area contributed by atoms with Crippen molar-refractivity contribution in [3.8, 4) is 5.69 Å². The van der Waals surface area contributed by atoms with Gasteiger partial charge >= 0.3 is 0 Å². The molecule has 0 saturated carbocycles. The lowest BCUT2D eigenvalue weighted by Gasteiger charge is -2.05. The van der Waals surface area contributed by atoms with Gasteiger partial charge in [-0.2, -0.15) is 5.10 Å². The first kappa shape index (κ1) is 19.2. The minimum Gasteiger partial charge on any atom is -0.350 e. The van der Waals surface area contributed by atoms with Crippen molar-refractivity contribution in [2.45, 2.75) is 4.90 Å². The molecule has 0 atom stereocenters. The molecule has 1 aromatic heterocycles. The molecule has 9 nitrogen and oxygen atoms in total. The highest BCUT2D eigenvalue weighted by Gasteiger charge is 2.16. The van der Waals surface area contributed by atoms with Gasteiger partial charge in [-0.3, -0.25) is 14.9 Å². The summed E-state index contributed by atoms with van der Waals surface area (Å²) in [4.78, 5) is 22.6. The second-order valence-electron chi connectivity index (χ2n) is 5.81. The zero-order valence-electron chi connectivity index (χ0n) is 14.6. The third kappa shape index (κ3) is 4.41. The van der Waals surface area contributed by atoms with Gasteiger partial charge in [-0.25, -0.2) is 13.1 Å². The lowest BCUT2D eigenvalue weighted by atomic mass is 10.3. The Morgan fingerprint density at radius 3 is 2.39 bits per heavy atom. The van der Waals surface area contributed by atoms with Crippen molar-refractivity contribution in [2.75, 3.05) is 12.3 Å². The summed E-state index contributed by atoms with van der Waals surface area (Å²) in [6.45, 7) is -0.0551. The zero-order valence-corrected chi connectivity index (χ0v) is 15.4. The van der Waals surface area contributed by atoms with E-state index in [1.54, 1.807) is 18.2 Å². The van der Waals surface area contributed by atoms with E-state index < -0.39 is 20.7 Å². The van der Waals surface area contributed by atoms with Crippen molar-refractivity contribution >= 4 is 21.4 Å². The lowest BCUT2D eigenvalue weighted by molar-refractivity contribution is -0.384. The van der Waals surface area contributed by atoms with Crippen molar-refractivity contribution in [1.29, 1.82) is 0 Å². The van der Waals surface area contributed by atoms with Crippen LogP contribution in [0.2, 0.25) is 0 Å². The van der Waals surface area contributed by atoms with Gasteiger partial charge in [0.2, 0.25) is 0 Å². The fourth-order valence-electron chi connectivity index (χ4n) is 2.45. The molecule has 28 heavy (non-hydrogen) atoms. The minimum absolute atomic E-state index is 0.0477. The van der Waals surface area contributed by atoms with E-state index in [1.807, 2.05) is 0 Å². The monoisotopic (exact) mass is 400 g/mol. The van der Waals surface area contributed by atoms with E-state index in [0.717, 1.165) is 0 Å². The number of amides is 1. The second-order valence-corrected chi connectivity index (χ2v) is 7.92. The smallest absolute Gasteiger partial charge is 0.271 e. The number of sulfone groups is 1. The third-order valence-corrected chi connectivity index (χ3v) is 5.64. The molecule has 144 valence electrons. The maximum Gasteiger partial charge on any atom is 0.271 e. The first-order valence-corrected chi connectivity index (χ1v) is 9.88. The molecule has 0 radical (unpaired) electrons. The Morgan fingerprint density at radius 1 is 1.07 bits per heavy atom. The number of carbonyl (C=O) groups excluding carboxylic acids is 1. The van der Waals surface area contributed by atoms with Crippen molar-refractivity contribution in [1.82, 2.24) is 15.1 Å². The van der Waals surface area contributed by atoms with Crippen LogP contribution in [-0.2, 0) is 9.84 Å². The van der Waals surface area contributed by atoms with E-state index in [9.17, 15) is 23.3 Å². The average Bonchev–Trinajstić information content (AvgIpc) is 3.19. The summed E-state index contributed by atoms with van der Waals surface area (Å²) < 4.78 is 25.8. The number of benzene rings is 2. The van der Waals surface area contributed by atoms with E-state index in [2.05, 4.69) is 10.4 Å². The van der Waals surface area contributed by atoms with Gasteiger partial charge in [0.05, 0.1) is 21.3 Å². The number of nitro benzene ring substituents is 1. The van der Waals surface area contributed by atoms with E-state index in [-0.39, 0.29) is 28.6 Å². The van der Waals surface area contributed by atoms with Crippen molar-refractivity contribution in [3.63, 3.8) is 0 Å². The summed E-state index contributed by atoms with van der Waals surface area (Å²) in [6.07, 6.45) is 1.54. The highest BCUT2D eigenvalue weighted by atomic mass is 32.2. The van der Waals surface area contributed by atoms with Gasteiger partial charge in [0, 0.05) is 24.9 Å². The number of nitrogens with one attached hydrogen (secondary N) is 1. The van der Waals surface area contributed by atoms with E-state index >= 15 is 0 Å². The zero-order chi connectivity index (χ0) is 20.1. The Bertz CT molecular complexity index is 1090. The van der Waals surface area contributed by atoms with E-state index in [4.69, 9.17) is 0 Å². The molecule has 3 aromatic rings. The third-order valence-electron chi connectivity index (χ3n) is 3.91. The van der Waals surface area contributed by atoms with Crippen LogP contribution in [0.4, 0.5) is 5.69 Å². The number of nitro groups is 1. The molecule has 0 fully saturated rings. The molecule has 0 aliphatic heterocycles. The van der Waals surface area contributed by atoms with Crippen LogP contribution >= 0.6 is 0 Å². The number of carbonyl (C=O) groups is 1. The van der Waals surface area contributed by atoms with E-state index in [1.165, 1.54) is 53.3 Å². The Labute approximate surface area is 160 Å². The average molecular weight is 400 g/mol. The van der Waals surface area contributed by atoms with Crippen molar-refractivity contribution < 1.29 is 18.1 Å². The molecule has 2 aromatic carbocycles.